The summed E-state index contributed by atoms with van der Waals surface area (Å²) in [5.74, 6) is 2.73. The second-order valence-corrected chi connectivity index (χ2v) is 8.97. The van der Waals surface area contributed by atoms with Gasteiger partial charge in [0.25, 0.3) is 0 Å². The summed E-state index contributed by atoms with van der Waals surface area (Å²) in [5, 5.41) is 0. The van der Waals surface area contributed by atoms with E-state index in [-0.39, 0.29) is 10.9 Å². The fourth-order valence-electron chi connectivity index (χ4n) is 3.49. The van der Waals surface area contributed by atoms with Crippen molar-refractivity contribution >= 4 is 17.0 Å². The molecule has 0 amide bonds. The maximum Gasteiger partial charge on any atom is 0.209 e. The Morgan fingerprint density at radius 2 is 1.33 bits per heavy atom. The molecule has 0 bridgehead atoms. The zero-order valence-corrected chi connectivity index (χ0v) is 17.3. The zero-order valence-electron chi connectivity index (χ0n) is 16.5. The summed E-state index contributed by atoms with van der Waals surface area (Å²) in [6.45, 7) is 4.33. The van der Waals surface area contributed by atoms with E-state index in [0.717, 1.165) is 28.4 Å². The van der Waals surface area contributed by atoms with Gasteiger partial charge >= 0.3 is 0 Å². The highest BCUT2D eigenvalue weighted by atomic mass is 32.2. The van der Waals surface area contributed by atoms with Gasteiger partial charge in [0, 0.05) is 0 Å². The Bertz CT molecular complexity index is 1130. The molecule has 1 aliphatic heterocycles. The molecule has 0 saturated carbocycles. The molecule has 0 saturated heterocycles. The first kappa shape index (κ1) is 18.6. The predicted molar refractivity (Wildman–Crippen MR) is 122 cm³/mol. The Morgan fingerprint density at radius 3 is 1.93 bits per heavy atom. The number of rotatable bonds is 5. The summed E-state index contributed by atoms with van der Waals surface area (Å²) in [7, 11) is -0.200. The molecule has 1 aliphatic rings. The van der Waals surface area contributed by atoms with Crippen LogP contribution in [0.5, 0.6) is 17.2 Å². The molecule has 1 heterocycles. The molecule has 4 aromatic rings. The Labute approximate surface area is 179 Å². The van der Waals surface area contributed by atoms with Crippen molar-refractivity contribution in [1.29, 1.82) is 0 Å². The quantitative estimate of drug-likeness (QED) is 0.288. The maximum absolute atomic E-state index is 6.13. The average molecular weight is 410 g/mol. The number of hydrogen-bond donors (Lipinski definition) is 0. The van der Waals surface area contributed by atoms with Crippen molar-refractivity contribution in [3.8, 4) is 17.2 Å². The van der Waals surface area contributed by atoms with Gasteiger partial charge in [-0.1, -0.05) is 61.2 Å². The van der Waals surface area contributed by atoms with Crippen LogP contribution in [0.4, 0.5) is 0 Å². The first-order chi connectivity index (χ1) is 14.8. The van der Waals surface area contributed by atoms with Crippen LogP contribution in [0.3, 0.4) is 0 Å². The molecule has 0 fully saturated rings. The van der Waals surface area contributed by atoms with Gasteiger partial charge in [0.15, 0.2) is 16.4 Å². The van der Waals surface area contributed by atoms with Crippen molar-refractivity contribution in [2.24, 2.45) is 0 Å². The molecule has 0 aliphatic carbocycles. The Balaban J connectivity index is 1.40. The molecule has 0 N–H and O–H groups in total. The summed E-state index contributed by atoms with van der Waals surface area (Å²) < 4.78 is 12.1. The summed E-state index contributed by atoms with van der Waals surface area (Å²) in [6, 6.07) is 33.3. The van der Waals surface area contributed by atoms with Crippen LogP contribution in [0, 0.1) is 0 Å². The minimum atomic E-state index is -0.200. The molecule has 3 heteroatoms. The predicted octanol–water partition coefficient (Wildman–Crippen LogP) is 7.11. The largest absolute Gasteiger partial charge is 0.489 e. The van der Waals surface area contributed by atoms with Gasteiger partial charge < -0.3 is 9.47 Å². The van der Waals surface area contributed by atoms with E-state index in [0.29, 0.717) is 6.61 Å². The number of para-hydroxylation sites is 2. The summed E-state index contributed by atoms with van der Waals surface area (Å²) >= 11 is 0. The average Bonchev–Trinajstić information content (AvgIpc) is 2.82. The van der Waals surface area contributed by atoms with Crippen LogP contribution in [0.2, 0.25) is 0 Å². The van der Waals surface area contributed by atoms with Gasteiger partial charge in [0.2, 0.25) is 9.79 Å². The second-order valence-electron chi connectivity index (χ2n) is 7.01. The van der Waals surface area contributed by atoms with Crippen molar-refractivity contribution in [3.05, 3.63) is 115 Å². The van der Waals surface area contributed by atoms with E-state index in [1.165, 1.54) is 14.7 Å². The number of benzene rings is 4. The topological polar surface area (TPSA) is 18.5 Å². The van der Waals surface area contributed by atoms with E-state index in [1.807, 2.05) is 30.3 Å². The Kier molecular flexibility index (Phi) is 5.04. The lowest BCUT2D eigenvalue weighted by atomic mass is 10.1. The standard InChI is InChI=1S/C27H21O2S/c1-2-20-11-13-21(14-12-20)19-28-22-15-17-23(18-16-22)30-26-9-5-3-7-24(26)29-25-8-4-6-10-27(25)30/h2-18H,1,19H2/q+1. The highest BCUT2D eigenvalue weighted by molar-refractivity contribution is 7.97. The van der Waals surface area contributed by atoms with Gasteiger partial charge in [-0.2, -0.15) is 0 Å². The zero-order chi connectivity index (χ0) is 20.3. The van der Waals surface area contributed by atoms with E-state index < -0.39 is 0 Å². The molecule has 5 rings (SSSR count). The summed E-state index contributed by atoms with van der Waals surface area (Å²) in [5.41, 5.74) is 2.25. The van der Waals surface area contributed by atoms with Gasteiger partial charge in [0.1, 0.15) is 23.3 Å². The molecule has 0 unspecified atom stereocenters. The second kappa shape index (κ2) is 8.13. The van der Waals surface area contributed by atoms with Crippen LogP contribution in [0.1, 0.15) is 11.1 Å². The van der Waals surface area contributed by atoms with Gasteiger partial charge in [-0.3, -0.25) is 0 Å². The minimum Gasteiger partial charge on any atom is -0.489 e. The molecule has 30 heavy (non-hydrogen) atoms. The van der Waals surface area contributed by atoms with E-state index in [4.69, 9.17) is 9.47 Å². The van der Waals surface area contributed by atoms with Crippen LogP contribution in [-0.2, 0) is 17.5 Å². The normalized spacial score (nSPS) is 12.4. The lowest BCUT2D eigenvalue weighted by molar-refractivity contribution is 0.306. The Morgan fingerprint density at radius 1 is 0.733 bits per heavy atom. The van der Waals surface area contributed by atoms with Crippen LogP contribution < -0.4 is 9.47 Å². The van der Waals surface area contributed by atoms with Gasteiger partial charge in [-0.05, 0) is 59.7 Å². The van der Waals surface area contributed by atoms with Crippen LogP contribution in [0.15, 0.2) is 118 Å². The van der Waals surface area contributed by atoms with E-state index >= 15 is 0 Å². The van der Waals surface area contributed by atoms with Crippen LogP contribution in [0.25, 0.3) is 6.08 Å². The molecule has 0 radical (unpaired) electrons. The third-order valence-corrected chi connectivity index (χ3v) is 7.34. The van der Waals surface area contributed by atoms with E-state index in [1.54, 1.807) is 0 Å². The number of fused-ring (bicyclic) bond motifs is 2. The van der Waals surface area contributed by atoms with Gasteiger partial charge in [-0.15, -0.1) is 0 Å². The van der Waals surface area contributed by atoms with Gasteiger partial charge in [0.05, 0.1) is 0 Å². The third-order valence-electron chi connectivity index (χ3n) is 5.04. The fraction of sp³-hybridized carbons (Fsp3) is 0.0370. The van der Waals surface area contributed by atoms with Crippen molar-refractivity contribution in [1.82, 2.24) is 0 Å². The fourth-order valence-corrected chi connectivity index (χ4v) is 5.69. The summed E-state index contributed by atoms with van der Waals surface area (Å²) in [4.78, 5) is 3.68. The molecule has 146 valence electrons. The van der Waals surface area contributed by atoms with E-state index in [2.05, 4.69) is 79.4 Å². The molecular weight excluding hydrogens is 388 g/mol. The maximum atomic E-state index is 6.13. The lowest BCUT2D eigenvalue weighted by Gasteiger charge is -2.19. The van der Waals surface area contributed by atoms with Crippen molar-refractivity contribution in [2.45, 2.75) is 21.3 Å². The first-order valence-corrected chi connectivity index (χ1v) is 11.1. The molecular formula is C27H21O2S+. The van der Waals surface area contributed by atoms with Crippen LogP contribution >= 0.6 is 0 Å². The highest BCUT2D eigenvalue weighted by Gasteiger charge is 2.38. The Hall–Kier alpha value is -3.43. The first-order valence-electron chi connectivity index (χ1n) is 9.86. The van der Waals surface area contributed by atoms with Crippen molar-refractivity contribution in [2.75, 3.05) is 0 Å². The van der Waals surface area contributed by atoms with Crippen molar-refractivity contribution in [3.63, 3.8) is 0 Å². The SMILES string of the molecule is C=Cc1ccc(COc2ccc([S+]3c4ccccc4Oc4ccccc43)cc2)cc1. The lowest BCUT2D eigenvalue weighted by Crippen LogP contribution is -2.12. The highest BCUT2D eigenvalue weighted by Crippen LogP contribution is 2.46. The van der Waals surface area contributed by atoms with Crippen molar-refractivity contribution < 1.29 is 9.47 Å². The molecule has 0 spiro atoms. The monoisotopic (exact) mass is 409 g/mol. The molecule has 4 aromatic carbocycles. The number of hydrogen-bond acceptors (Lipinski definition) is 2. The van der Waals surface area contributed by atoms with Crippen LogP contribution in [-0.4, -0.2) is 0 Å². The third kappa shape index (κ3) is 3.60. The molecule has 0 aromatic heterocycles. The smallest absolute Gasteiger partial charge is 0.209 e. The summed E-state index contributed by atoms with van der Waals surface area (Å²) in [6.07, 6.45) is 1.84. The molecule has 2 nitrogen and oxygen atoms in total. The number of ether oxygens (including phenoxy) is 2. The molecule has 0 atom stereocenters. The minimum absolute atomic E-state index is 0.200. The van der Waals surface area contributed by atoms with Gasteiger partial charge in [-0.25, -0.2) is 0 Å². The van der Waals surface area contributed by atoms with E-state index in [9.17, 15) is 0 Å².